The summed E-state index contributed by atoms with van der Waals surface area (Å²) in [5.74, 6) is 0.236. The number of piperidine rings is 1. The van der Waals surface area contributed by atoms with Crippen molar-refractivity contribution in [2.75, 3.05) is 26.3 Å². The number of rotatable bonds is 6. The number of nitrogens with zero attached hydrogens (tertiary/aromatic N) is 1. The normalized spacial score (nSPS) is 21.9. The molecule has 1 aliphatic heterocycles. The summed E-state index contributed by atoms with van der Waals surface area (Å²) in [7, 11) is 0. The topological polar surface area (TPSA) is 41.6 Å². The van der Waals surface area contributed by atoms with E-state index in [0.717, 1.165) is 32.5 Å². The summed E-state index contributed by atoms with van der Waals surface area (Å²) in [6.07, 6.45) is 2.05. The minimum absolute atomic E-state index is 0.00961. The number of carbonyl (C=O) groups excluding carboxylic acids is 1. The Bertz CT molecular complexity index is 219. The van der Waals surface area contributed by atoms with Gasteiger partial charge in [-0.25, -0.2) is 0 Å². The first-order valence-electron chi connectivity index (χ1n) is 6.27. The molecular weight excluding hydrogens is 204 g/mol. The molecule has 1 aliphatic rings. The van der Waals surface area contributed by atoms with E-state index in [1.54, 1.807) is 0 Å². The smallest absolute Gasteiger partial charge is 0.239 e. The highest BCUT2D eigenvalue weighted by Gasteiger charge is 2.28. The van der Waals surface area contributed by atoms with E-state index in [1.807, 2.05) is 11.8 Å². The highest BCUT2D eigenvalue weighted by Crippen LogP contribution is 2.12. The van der Waals surface area contributed by atoms with Gasteiger partial charge in [-0.2, -0.15) is 0 Å². The van der Waals surface area contributed by atoms with E-state index in [0.29, 0.717) is 12.6 Å². The molecule has 94 valence electrons. The molecule has 0 aromatic rings. The van der Waals surface area contributed by atoms with Crippen molar-refractivity contribution >= 4 is 5.91 Å². The first-order valence-corrected chi connectivity index (χ1v) is 6.27. The van der Waals surface area contributed by atoms with Crippen LogP contribution >= 0.6 is 0 Å². The summed E-state index contributed by atoms with van der Waals surface area (Å²) < 4.78 is 5.29. The number of carbonyl (C=O) groups is 1. The third-order valence-corrected chi connectivity index (χ3v) is 2.77. The van der Waals surface area contributed by atoms with Crippen molar-refractivity contribution in [3.05, 3.63) is 0 Å². The maximum absolute atomic E-state index is 12.1. The molecule has 1 rings (SSSR count). The average molecular weight is 228 g/mol. The van der Waals surface area contributed by atoms with Crippen LogP contribution in [0.25, 0.3) is 0 Å². The Balaban J connectivity index is 2.38. The minimum atomic E-state index is 0.00961. The Morgan fingerprint density at radius 2 is 2.31 bits per heavy atom. The lowest BCUT2D eigenvalue weighted by Crippen LogP contribution is -2.53. The quantitative estimate of drug-likeness (QED) is 0.690. The van der Waals surface area contributed by atoms with Gasteiger partial charge in [0.25, 0.3) is 0 Å². The lowest BCUT2D eigenvalue weighted by molar-refractivity contribution is -0.136. The van der Waals surface area contributed by atoms with Crippen molar-refractivity contribution in [1.29, 1.82) is 0 Å². The second-order valence-corrected chi connectivity index (χ2v) is 4.54. The molecular formula is C12H24N2O2. The number of ether oxygens (including phenoxy) is 1. The van der Waals surface area contributed by atoms with Crippen molar-refractivity contribution < 1.29 is 9.53 Å². The van der Waals surface area contributed by atoms with Gasteiger partial charge in [0.15, 0.2) is 0 Å². The molecule has 0 bridgehead atoms. The number of hydrogen-bond acceptors (Lipinski definition) is 3. The van der Waals surface area contributed by atoms with Crippen LogP contribution < -0.4 is 5.32 Å². The second kappa shape index (κ2) is 6.86. The number of amides is 1. The van der Waals surface area contributed by atoms with Gasteiger partial charge in [0.05, 0.1) is 12.6 Å². The zero-order valence-electron chi connectivity index (χ0n) is 10.7. The van der Waals surface area contributed by atoms with Crippen LogP contribution in [0.1, 0.15) is 33.6 Å². The molecule has 1 unspecified atom stereocenters. The summed E-state index contributed by atoms with van der Waals surface area (Å²) in [6, 6.07) is 0.371. The predicted molar refractivity (Wildman–Crippen MR) is 64.4 cm³/mol. The Morgan fingerprint density at radius 1 is 1.56 bits per heavy atom. The minimum Gasteiger partial charge on any atom is -0.380 e. The van der Waals surface area contributed by atoms with Crippen LogP contribution in [0.3, 0.4) is 0 Å². The van der Waals surface area contributed by atoms with Gasteiger partial charge in [-0.1, -0.05) is 13.8 Å². The molecule has 4 nitrogen and oxygen atoms in total. The third-order valence-electron chi connectivity index (χ3n) is 2.77. The molecule has 1 heterocycles. The highest BCUT2D eigenvalue weighted by atomic mass is 16.5. The maximum atomic E-state index is 12.1. The predicted octanol–water partition coefficient (Wildman–Crippen LogP) is 1.01. The van der Waals surface area contributed by atoms with Gasteiger partial charge in [-0.05, 0) is 19.8 Å². The second-order valence-electron chi connectivity index (χ2n) is 4.54. The Hall–Kier alpha value is -0.610. The maximum Gasteiger partial charge on any atom is 0.239 e. The molecule has 0 aromatic carbocycles. The summed E-state index contributed by atoms with van der Waals surface area (Å²) >= 11 is 0. The molecule has 1 N–H and O–H groups in total. The van der Waals surface area contributed by atoms with Gasteiger partial charge in [-0.3, -0.25) is 4.79 Å². The van der Waals surface area contributed by atoms with E-state index in [1.165, 1.54) is 0 Å². The summed E-state index contributed by atoms with van der Waals surface area (Å²) in [5.41, 5.74) is 0. The fourth-order valence-electron chi connectivity index (χ4n) is 2.04. The van der Waals surface area contributed by atoms with Crippen LogP contribution in [0.2, 0.25) is 0 Å². The lowest BCUT2D eigenvalue weighted by Gasteiger charge is -2.33. The number of nitrogens with one attached hydrogen (secondary N) is 1. The van der Waals surface area contributed by atoms with Gasteiger partial charge < -0.3 is 15.0 Å². The van der Waals surface area contributed by atoms with Gasteiger partial charge in [0.1, 0.15) is 0 Å². The molecule has 1 saturated heterocycles. The lowest BCUT2D eigenvalue weighted by atomic mass is 10.0. The molecule has 0 spiro atoms. The monoisotopic (exact) mass is 228 g/mol. The highest BCUT2D eigenvalue weighted by molar-refractivity contribution is 5.82. The van der Waals surface area contributed by atoms with E-state index in [4.69, 9.17) is 4.74 Å². The molecule has 1 fully saturated rings. The van der Waals surface area contributed by atoms with Gasteiger partial charge in [0, 0.05) is 25.7 Å². The SMILES string of the molecule is CCOCCN1CCCC(NC(C)C)C1=O. The van der Waals surface area contributed by atoms with Crippen molar-refractivity contribution in [2.45, 2.75) is 45.7 Å². The van der Waals surface area contributed by atoms with Crippen LogP contribution in [-0.4, -0.2) is 49.2 Å². The molecule has 0 radical (unpaired) electrons. The van der Waals surface area contributed by atoms with E-state index in [-0.39, 0.29) is 11.9 Å². The molecule has 4 heteroatoms. The molecule has 16 heavy (non-hydrogen) atoms. The molecule has 0 saturated carbocycles. The van der Waals surface area contributed by atoms with Crippen LogP contribution in [0.5, 0.6) is 0 Å². The van der Waals surface area contributed by atoms with Crippen molar-refractivity contribution in [1.82, 2.24) is 10.2 Å². The summed E-state index contributed by atoms with van der Waals surface area (Å²) in [6.45, 7) is 9.09. The zero-order chi connectivity index (χ0) is 12.0. The van der Waals surface area contributed by atoms with Crippen LogP contribution in [0.15, 0.2) is 0 Å². The third kappa shape index (κ3) is 4.10. The van der Waals surface area contributed by atoms with Crippen LogP contribution in [-0.2, 0) is 9.53 Å². The van der Waals surface area contributed by atoms with E-state index >= 15 is 0 Å². The van der Waals surface area contributed by atoms with E-state index in [2.05, 4.69) is 19.2 Å². The fraction of sp³-hybridized carbons (Fsp3) is 0.917. The van der Waals surface area contributed by atoms with Gasteiger partial charge >= 0.3 is 0 Å². The van der Waals surface area contributed by atoms with Crippen molar-refractivity contribution in [3.63, 3.8) is 0 Å². The standard InChI is InChI=1S/C12H24N2O2/c1-4-16-9-8-14-7-5-6-11(12(14)15)13-10(2)3/h10-11,13H,4-9H2,1-3H3. The van der Waals surface area contributed by atoms with E-state index < -0.39 is 0 Å². The zero-order valence-corrected chi connectivity index (χ0v) is 10.7. The molecule has 1 atom stereocenters. The Morgan fingerprint density at radius 3 is 2.94 bits per heavy atom. The first-order chi connectivity index (χ1) is 7.65. The van der Waals surface area contributed by atoms with Gasteiger partial charge in [-0.15, -0.1) is 0 Å². The van der Waals surface area contributed by atoms with E-state index in [9.17, 15) is 4.79 Å². The number of likely N-dealkylation sites (tertiary alicyclic amines) is 1. The van der Waals surface area contributed by atoms with Crippen LogP contribution in [0.4, 0.5) is 0 Å². The van der Waals surface area contributed by atoms with Crippen LogP contribution in [0, 0.1) is 0 Å². The average Bonchev–Trinajstić information content (AvgIpc) is 2.23. The largest absolute Gasteiger partial charge is 0.380 e. The first kappa shape index (κ1) is 13.5. The van der Waals surface area contributed by atoms with Gasteiger partial charge in [0.2, 0.25) is 5.91 Å². The van der Waals surface area contributed by atoms with Crippen molar-refractivity contribution in [3.8, 4) is 0 Å². The molecule has 0 aliphatic carbocycles. The summed E-state index contributed by atoms with van der Waals surface area (Å²) in [4.78, 5) is 14.0. The summed E-state index contributed by atoms with van der Waals surface area (Å²) in [5, 5.41) is 3.32. The fourth-order valence-corrected chi connectivity index (χ4v) is 2.04. The number of hydrogen-bond donors (Lipinski definition) is 1. The Kier molecular flexibility index (Phi) is 5.77. The molecule has 0 aromatic heterocycles. The Labute approximate surface area is 98.3 Å². The molecule has 1 amide bonds. The van der Waals surface area contributed by atoms with Crippen molar-refractivity contribution in [2.24, 2.45) is 0 Å².